The second kappa shape index (κ2) is 11.2. The fourth-order valence-corrected chi connectivity index (χ4v) is 2.62. The monoisotopic (exact) mass is 374 g/mol. The van der Waals surface area contributed by atoms with Gasteiger partial charge in [0.2, 0.25) is 0 Å². The molecule has 0 aromatic heterocycles. The molecule has 1 heterocycles. The molecular weight excluding hydrogens is 348 g/mol. The summed E-state index contributed by atoms with van der Waals surface area (Å²) in [7, 11) is 0. The molecule has 1 aromatic carbocycles. The van der Waals surface area contributed by atoms with Crippen LogP contribution in [0.25, 0.3) is 6.08 Å². The van der Waals surface area contributed by atoms with Crippen LogP contribution in [0.15, 0.2) is 23.8 Å². The predicted molar refractivity (Wildman–Crippen MR) is 101 cm³/mol. The summed E-state index contributed by atoms with van der Waals surface area (Å²) in [5, 5.41) is 9.16. The van der Waals surface area contributed by atoms with Crippen molar-refractivity contribution >= 4 is 12.0 Å². The number of esters is 1. The van der Waals surface area contributed by atoms with E-state index >= 15 is 0 Å². The highest BCUT2D eigenvalue weighted by atomic mass is 16.5. The summed E-state index contributed by atoms with van der Waals surface area (Å²) in [6.07, 6.45) is 1.48. The SMILES string of the molecule is CCOC(=O)/C(C#N)=C\c1ccc(OCCN2CCOCC2)c(OCC)c1. The zero-order valence-electron chi connectivity index (χ0n) is 15.9. The van der Waals surface area contributed by atoms with Crippen molar-refractivity contribution in [1.29, 1.82) is 5.26 Å². The first-order chi connectivity index (χ1) is 13.2. The first-order valence-corrected chi connectivity index (χ1v) is 9.16. The molecular formula is C20H26N2O5. The minimum atomic E-state index is -0.635. The Bertz CT molecular complexity index is 690. The van der Waals surface area contributed by atoms with E-state index < -0.39 is 5.97 Å². The molecule has 0 unspecified atom stereocenters. The van der Waals surface area contributed by atoms with E-state index in [2.05, 4.69) is 4.90 Å². The van der Waals surface area contributed by atoms with Crippen LogP contribution in [0, 0.1) is 11.3 Å². The van der Waals surface area contributed by atoms with Crippen LogP contribution in [-0.2, 0) is 14.3 Å². The van der Waals surface area contributed by atoms with Gasteiger partial charge >= 0.3 is 5.97 Å². The van der Waals surface area contributed by atoms with Gasteiger partial charge in [-0.1, -0.05) is 6.07 Å². The number of carbonyl (C=O) groups is 1. The van der Waals surface area contributed by atoms with Gasteiger partial charge in [-0.3, -0.25) is 4.90 Å². The normalized spacial score (nSPS) is 15.1. The summed E-state index contributed by atoms with van der Waals surface area (Å²) in [4.78, 5) is 14.1. The van der Waals surface area contributed by atoms with Crippen LogP contribution in [-0.4, -0.2) is 63.5 Å². The Kier molecular flexibility index (Phi) is 8.62. The van der Waals surface area contributed by atoms with Crippen LogP contribution in [0.5, 0.6) is 11.5 Å². The molecule has 2 rings (SSSR count). The van der Waals surface area contributed by atoms with Crippen LogP contribution in [0.2, 0.25) is 0 Å². The lowest BCUT2D eigenvalue weighted by Gasteiger charge is -2.26. The molecule has 1 aliphatic rings. The second-order valence-electron chi connectivity index (χ2n) is 5.83. The molecule has 1 aromatic rings. The number of carbonyl (C=O) groups excluding carboxylic acids is 1. The van der Waals surface area contributed by atoms with E-state index in [0.717, 1.165) is 32.8 Å². The molecule has 1 fully saturated rings. The van der Waals surface area contributed by atoms with Gasteiger partial charge in [-0.2, -0.15) is 5.26 Å². The zero-order chi connectivity index (χ0) is 19.5. The predicted octanol–water partition coefficient (Wildman–Crippen LogP) is 2.27. The first-order valence-electron chi connectivity index (χ1n) is 9.16. The molecule has 0 amide bonds. The number of morpholine rings is 1. The van der Waals surface area contributed by atoms with Gasteiger partial charge in [0.1, 0.15) is 18.2 Å². The molecule has 1 saturated heterocycles. The van der Waals surface area contributed by atoms with E-state index in [4.69, 9.17) is 24.2 Å². The highest BCUT2D eigenvalue weighted by Crippen LogP contribution is 2.29. The molecule has 0 atom stereocenters. The lowest BCUT2D eigenvalue weighted by Crippen LogP contribution is -2.38. The molecule has 1 aliphatic heterocycles. The number of rotatable bonds is 9. The van der Waals surface area contributed by atoms with Crippen molar-refractivity contribution < 1.29 is 23.7 Å². The van der Waals surface area contributed by atoms with E-state index in [-0.39, 0.29) is 12.2 Å². The summed E-state index contributed by atoms with van der Waals surface area (Å²) in [5.41, 5.74) is 0.615. The molecule has 0 spiro atoms. The number of hydrogen-bond donors (Lipinski definition) is 0. The van der Waals surface area contributed by atoms with E-state index in [1.54, 1.807) is 25.1 Å². The third kappa shape index (κ3) is 6.59. The smallest absolute Gasteiger partial charge is 0.348 e. The summed E-state index contributed by atoms with van der Waals surface area (Å²) < 4.78 is 21.8. The average molecular weight is 374 g/mol. The first kappa shape index (κ1) is 20.7. The van der Waals surface area contributed by atoms with Crippen LogP contribution in [0.3, 0.4) is 0 Å². The zero-order valence-corrected chi connectivity index (χ0v) is 15.9. The molecule has 0 saturated carbocycles. The fourth-order valence-electron chi connectivity index (χ4n) is 2.62. The van der Waals surface area contributed by atoms with Crippen molar-refractivity contribution in [3.8, 4) is 17.6 Å². The molecule has 7 heteroatoms. The van der Waals surface area contributed by atoms with Crippen molar-refractivity contribution in [2.24, 2.45) is 0 Å². The quantitative estimate of drug-likeness (QED) is 0.373. The minimum Gasteiger partial charge on any atom is -0.490 e. The third-order valence-corrected chi connectivity index (χ3v) is 3.96. The van der Waals surface area contributed by atoms with Gasteiger partial charge in [0.15, 0.2) is 11.5 Å². The van der Waals surface area contributed by atoms with Crippen LogP contribution in [0.4, 0.5) is 0 Å². The summed E-state index contributed by atoms with van der Waals surface area (Å²) in [5.74, 6) is 0.579. The van der Waals surface area contributed by atoms with Crippen LogP contribution >= 0.6 is 0 Å². The minimum absolute atomic E-state index is 0.0553. The Morgan fingerprint density at radius 3 is 2.67 bits per heavy atom. The maximum atomic E-state index is 11.8. The molecule has 0 aliphatic carbocycles. The maximum absolute atomic E-state index is 11.8. The summed E-state index contributed by atoms with van der Waals surface area (Å²) in [6.45, 7) is 8.99. The molecule has 27 heavy (non-hydrogen) atoms. The van der Waals surface area contributed by atoms with Gasteiger partial charge < -0.3 is 18.9 Å². The van der Waals surface area contributed by atoms with Crippen LogP contribution in [0.1, 0.15) is 19.4 Å². The van der Waals surface area contributed by atoms with Gasteiger partial charge in [-0.15, -0.1) is 0 Å². The standard InChI is InChI=1S/C20H26N2O5/c1-3-25-19-14-16(13-17(15-21)20(23)26-4-2)5-6-18(19)27-12-9-22-7-10-24-11-8-22/h5-6,13-14H,3-4,7-12H2,1-2H3/b17-13-. The number of nitriles is 1. The van der Waals surface area contributed by atoms with E-state index in [0.29, 0.717) is 30.3 Å². The maximum Gasteiger partial charge on any atom is 0.348 e. The number of ether oxygens (including phenoxy) is 4. The molecule has 0 N–H and O–H groups in total. The molecule has 7 nitrogen and oxygen atoms in total. The van der Waals surface area contributed by atoms with Crippen molar-refractivity contribution in [1.82, 2.24) is 4.90 Å². The van der Waals surface area contributed by atoms with Crippen molar-refractivity contribution in [3.63, 3.8) is 0 Å². The number of hydrogen-bond acceptors (Lipinski definition) is 7. The summed E-state index contributed by atoms with van der Waals surface area (Å²) in [6, 6.07) is 7.19. The van der Waals surface area contributed by atoms with Crippen molar-refractivity contribution in [2.75, 3.05) is 52.7 Å². The Labute approximate surface area is 160 Å². The summed E-state index contributed by atoms with van der Waals surface area (Å²) >= 11 is 0. The lowest BCUT2D eigenvalue weighted by molar-refractivity contribution is -0.137. The van der Waals surface area contributed by atoms with Crippen molar-refractivity contribution in [3.05, 3.63) is 29.3 Å². The highest BCUT2D eigenvalue weighted by Gasteiger charge is 2.13. The fraction of sp³-hybridized carbons (Fsp3) is 0.500. The number of benzene rings is 1. The highest BCUT2D eigenvalue weighted by molar-refractivity contribution is 5.97. The van der Waals surface area contributed by atoms with Gasteiger partial charge in [-0.05, 0) is 37.6 Å². The molecule has 0 bridgehead atoms. The van der Waals surface area contributed by atoms with Gasteiger partial charge in [0, 0.05) is 19.6 Å². The Morgan fingerprint density at radius 1 is 1.22 bits per heavy atom. The largest absolute Gasteiger partial charge is 0.490 e. The van der Waals surface area contributed by atoms with E-state index in [9.17, 15) is 4.79 Å². The second-order valence-corrected chi connectivity index (χ2v) is 5.83. The molecule has 0 radical (unpaired) electrons. The van der Waals surface area contributed by atoms with Crippen LogP contribution < -0.4 is 9.47 Å². The average Bonchev–Trinajstić information content (AvgIpc) is 2.69. The topological polar surface area (TPSA) is 81.0 Å². The Morgan fingerprint density at radius 2 is 2.00 bits per heavy atom. The third-order valence-electron chi connectivity index (χ3n) is 3.96. The Hall–Kier alpha value is -2.56. The van der Waals surface area contributed by atoms with E-state index in [1.165, 1.54) is 6.08 Å². The Balaban J connectivity index is 2.06. The van der Waals surface area contributed by atoms with Crippen molar-refractivity contribution in [2.45, 2.75) is 13.8 Å². The van der Waals surface area contributed by atoms with Gasteiger partial charge in [0.05, 0.1) is 26.4 Å². The van der Waals surface area contributed by atoms with E-state index in [1.807, 2.05) is 13.0 Å². The van der Waals surface area contributed by atoms with Gasteiger partial charge in [0.25, 0.3) is 0 Å². The number of nitrogens with zero attached hydrogens (tertiary/aromatic N) is 2. The molecule has 146 valence electrons. The lowest BCUT2D eigenvalue weighted by atomic mass is 10.1. The van der Waals surface area contributed by atoms with Gasteiger partial charge in [-0.25, -0.2) is 4.79 Å².